The number of hydrogen-bond acceptors (Lipinski definition) is 3. The minimum absolute atomic E-state index is 0.0163. The number of carbonyl (C=O) groups excluding carboxylic acids is 3. The van der Waals surface area contributed by atoms with Crippen molar-refractivity contribution >= 4 is 23.4 Å². The Bertz CT molecular complexity index is 940. The number of benzene rings is 2. The molecule has 1 fully saturated rings. The lowest BCUT2D eigenvalue weighted by Crippen LogP contribution is -2.42. The number of carbonyl (C=O) groups is 3. The first kappa shape index (κ1) is 21.3. The van der Waals surface area contributed by atoms with Crippen LogP contribution in [-0.4, -0.2) is 41.2 Å². The Labute approximate surface area is 177 Å². The zero-order valence-electron chi connectivity index (χ0n) is 17.3. The van der Waals surface area contributed by atoms with Crippen molar-refractivity contribution < 1.29 is 14.4 Å². The Balaban J connectivity index is 1.76. The lowest BCUT2D eigenvalue weighted by atomic mass is 9.96. The smallest absolute Gasteiger partial charge is 0.251 e. The normalized spacial score (nSPS) is 18.2. The van der Waals surface area contributed by atoms with Crippen LogP contribution in [0.15, 0.2) is 67.3 Å². The van der Waals surface area contributed by atoms with Gasteiger partial charge in [-0.15, -0.1) is 0 Å². The zero-order chi connectivity index (χ0) is 21.7. The Kier molecular flexibility index (Phi) is 6.67. The summed E-state index contributed by atoms with van der Waals surface area (Å²) in [5.41, 5.74) is 2.08. The minimum atomic E-state index is -0.603. The van der Waals surface area contributed by atoms with Gasteiger partial charge in [-0.25, -0.2) is 0 Å². The lowest BCUT2D eigenvalue weighted by Gasteiger charge is -2.22. The molecule has 2 N–H and O–H groups in total. The van der Waals surface area contributed by atoms with Crippen LogP contribution in [-0.2, 0) is 9.59 Å². The summed E-state index contributed by atoms with van der Waals surface area (Å²) in [6, 6.07) is 16.1. The molecule has 1 saturated heterocycles. The van der Waals surface area contributed by atoms with Gasteiger partial charge in [-0.2, -0.15) is 0 Å². The van der Waals surface area contributed by atoms with Crippen LogP contribution >= 0.6 is 0 Å². The Morgan fingerprint density at radius 3 is 2.50 bits per heavy atom. The van der Waals surface area contributed by atoms with Crippen molar-refractivity contribution in [3.63, 3.8) is 0 Å². The van der Waals surface area contributed by atoms with Gasteiger partial charge in [0.05, 0.1) is 0 Å². The molecule has 1 aliphatic rings. The Morgan fingerprint density at radius 2 is 1.83 bits per heavy atom. The molecule has 0 bridgehead atoms. The zero-order valence-corrected chi connectivity index (χ0v) is 17.3. The summed E-state index contributed by atoms with van der Waals surface area (Å²) < 4.78 is 0. The van der Waals surface area contributed by atoms with Gasteiger partial charge >= 0.3 is 0 Å². The van der Waals surface area contributed by atoms with Gasteiger partial charge < -0.3 is 15.5 Å². The summed E-state index contributed by atoms with van der Waals surface area (Å²) in [7, 11) is 0. The summed E-state index contributed by atoms with van der Waals surface area (Å²) in [6.07, 6.45) is 1.77. The molecule has 6 heteroatoms. The van der Waals surface area contributed by atoms with Gasteiger partial charge in [0.15, 0.2) is 0 Å². The van der Waals surface area contributed by atoms with E-state index in [-0.39, 0.29) is 29.7 Å². The van der Waals surface area contributed by atoms with E-state index in [0.717, 1.165) is 5.56 Å². The fourth-order valence-electron chi connectivity index (χ4n) is 3.72. The maximum absolute atomic E-state index is 13.0. The van der Waals surface area contributed by atoms with Crippen molar-refractivity contribution in [1.82, 2.24) is 10.2 Å². The molecule has 2 aromatic carbocycles. The van der Waals surface area contributed by atoms with Gasteiger partial charge in [0.25, 0.3) is 5.91 Å². The largest absolute Gasteiger partial charge is 0.350 e. The molecule has 156 valence electrons. The van der Waals surface area contributed by atoms with Crippen molar-refractivity contribution in [3.8, 4) is 0 Å². The molecule has 2 aromatic rings. The molecule has 30 heavy (non-hydrogen) atoms. The van der Waals surface area contributed by atoms with Crippen molar-refractivity contribution in [2.75, 3.05) is 11.9 Å². The molecular weight excluding hydrogens is 378 g/mol. The number of amides is 3. The molecule has 1 aliphatic heterocycles. The van der Waals surface area contributed by atoms with Gasteiger partial charge in [-0.3, -0.25) is 14.4 Å². The maximum atomic E-state index is 13.0. The van der Waals surface area contributed by atoms with E-state index in [1.807, 2.05) is 44.2 Å². The van der Waals surface area contributed by atoms with Crippen LogP contribution in [0.5, 0.6) is 0 Å². The Morgan fingerprint density at radius 1 is 1.10 bits per heavy atom. The monoisotopic (exact) mass is 405 g/mol. The third-order valence-electron chi connectivity index (χ3n) is 5.14. The van der Waals surface area contributed by atoms with Crippen LogP contribution < -0.4 is 10.6 Å². The molecule has 0 saturated carbocycles. The maximum Gasteiger partial charge on any atom is 0.251 e. The first-order valence-electron chi connectivity index (χ1n) is 10.1. The van der Waals surface area contributed by atoms with E-state index in [1.54, 1.807) is 29.2 Å². The number of nitrogens with zero attached hydrogens (tertiary/aromatic N) is 1. The lowest BCUT2D eigenvalue weighted by molar-refractivity contribution is -0.132. The average Bonchev–Trinajstić information content (AvgIpc) is 3.19. The molecule has 0 aromatic heterocycles. The quantitative estimate of drug-likeness (QED) is 0.724. The van der Waals surface area contributed by atoms with Crippen LogP contribution in [0, 0.1) is 0 Å². The second kappa shape index (κ2) is 9.39. The van der Waals surface area contributed by atoms with Gasteiger partial charge in [0.1, 0.15) is 6.04 Å². The molecule has 2 atom stereocenters. The number of likely N-dealkylation sites (tertiary alicyclic amines) is 1. The summed E-state index contributed by atoms with van der Waals surface area (Å²) in [6.45, 7) is 7.80. The third-order valence-corrected chi connectivity index (χ3v) is 5.14. The molecule has 3 amide bonds. The summed E-state index contributed by atoms with van der Waals surface area (Å²) in [4.78, 5) is 39.2. The van der Waals surface area contributed by atoms with Gasteiger partial charge in [-0.1, -0.05) is 43.0 Å². The molecule has 0 aliphatic carbocycles. The van der Waals surface area contributed by atoms with E-state index in [2.05, 4.69) is 17.2 Å². The van der Waals surface area contributed by atoms with Crippen molar-refractivity contribution in [2.45, 2.75) is 38.3 Å². The van der Waals surface area contributed by atoms with E-state index < -0.39 is 6.04 Å². The van der Waals surface area contributed by atoms with Crippen LogP contribution in [0.4, 0.5) is 5.69 Å². The molecule has 1 heterocycles. The highest BCUT2D eigenvalue weighted by Crippen LogP contribution is 2.32. The Hall–Kier alpha value is -3.41. The van der Waals surface area contributed by atoms with E-state index in [9.17, 15) is 14.4 Å². The van der Waals surface area contributed by atoms with Gasteiger partial charge in [0.2, 0.25) is 11.8 Å². The predicted octanol–water partition coefficient (Wildman–Crippen LogP) is 3.33. The highest BCUT2D eigenvalue weighted by Gasteiger charge is 2.39. The average molecular weight is 405 g/mol. The minimum Gasteiger partial charge on any atom is -0.350 e. The van der Waals surface area contributed by atoms with Crippen LogP contribution in [0.3, 0.4) is 0 Å². The topological polar surface area (TPSA) is 78.5 Å². The first-order valence-corrected chi connectivity index (χ1v) is 10.1. The molecule has 0 radical (unpaired) electrons. The predicted molar refractivity (Wildman–Crippen MR) is 117 cm³/mol. The van der Waals surface area contributed by atoms with E-state index in [0.29, 0.717) is 24.2 Å². The summed E-state index contributed by atoms with van der Waals surface area (Å²) >= 11 is 0. The van der Waals surface area contributed by atoms with Crippen LogP contribution in [0.2, 0.25) is 0 Å². The van der Waals surface area contributed by atoms with E-state index in [4.69, 9.17) is 0 Å². The summed E-state index contributed by atoms with van der Waals surface area (Å²) in [5, 5.41) is 5.70. The molecule has 0 spiro atoms. The number of anilines is 1. The van der Waals surface area contributed by atoms with Gasteiger partial charge in [0, 0.05) is 29.8 Å². The SMILES string of the molecule is C=CC(=O)N1C[C@H](c2ccccc2)C[C@H]1C(=O)Nc1cccc(C(=O)NC(C)C)c1. The highest BCUT2D eigenvalue weighted by molar-refractivity contribution is 6.01. The molecule has 6 nitrogen and oxygen atoms in total. The van der Waals surface area contributed by atoms with E-state index in [1.165, 1.54) is 6.08 Å². The fraction of sp³-hybridized carbons (Fsp3) is 0.292. The molecule has 3 rings (SSSR count). The fourth-order valence-corrected chi connectivity index (χ4v) is 3.72. The number of hydrogen-bond donors (Lipinski definition) is 2. The second-order valence-electron chi connectivity index (χ2n) is 7.75. The molecular formula is C24H27N3O3. The molecule has 0 unspecified atom stereocenters. The van der Waals surface area contributed by atoms with Crippen molar-refractivity contribution in [3.05, 3.63) is 78.4 Å². The first-order chi connectivity index (χ1) is 14.4. The standard InChI is InChI=1S/C24H27N3O3/c1-4-22(28)27-15-19(17-9-6-5-7-10-17)14-21(27)24(30)26-20-12-8-11-18(13-20)23(29)25-16(2)3/h4-13,16,19,21H,1,14-15H2,2-3H3,(H,25,29)(H,26,30)/t19-,21+/m1/s1. The highest BCUT2D eigenvalue weighted by atomic mass is 16.2. The van der Waals surface area contributed by atoms with Crippen molar-refractivity contribution in [2.24, 2.45) is 0 Å². The van der Waals surface area contributed by atoms with Crippen LogP contribution in [0.25, 0.3) is 0 Å². The number of nitrogens with one attached hydrogen (secondary N) is 2. The van der Waals surface area contributed by atoms with Crippen molar-refractivity contribution in [1.29, 1.82) is 0 Å². The van der Waals surface area contributed by atoms with E-state index >= 15 is 0 Å². The second-order valence-corrected chi connectivity index (χ2v) is 7.75. The number of rotatable bonds is 6. The summed E-state index contributed by atoms with van der Waals surface area (Å²) in [5.74, 6) is -0.660. The third kappa shape index (κ3) is 4.95. The van der Waals surface area contributed by atoms with Gasteiger partial charge in [-0.05, 0) is 50.1 Å². The van der Waals surface area contributed by atoms with Crippen LogP contribution in [0.1, 0.15) is 42.1 Å².